The average molecular weight is 414 g/mol. The molecule has 0 fully saturated rings. The van der Waals surface area contributed by atoms with Crippen molar-refractivity contribution in [2.45, 2.75) is 13.8 Å². The van der Waals surface area contributed by atoms with Gasteiger partial charge in [0.25, 0.3) is 0 Å². The van der Waals surface area contributed by atoms with E-state index in [1.54, 1.807) is 19.2 Å². The van der Waals surface area contributed by atoms with E-state index in [2.05, 4.69) is 15.6 Å². The van der Waals surface area contributed by atoms with Gasteiger partial charge in [-0.05, 0) is 92.7 Å². The van der Waals surface area contributed by atoms with Crippen molar-refractivity contribution in [1.29, 1.82) is 0 Å². The second kappa shape index (κ2) is 8.88. The summed E-state index contributed by atoms with van der Waals surface area (Å²) in [5, 5.41) is 0. The highest BCUT2D eigenvalue weighted by atomic mass is 19.1. The summed E-state index contributed by atoms with van der Waals surface area (Å²) in [6.07, 6.45) is 1.85. The Morgan fingerprint density at radius 3 is 2.00 bits per heavy atom. The molecule has 0 spiro atoms. The van der Waals surface area contributed by atoms with E-state index in [-0.39, 0.29) is 5.82 Å². The lowest BCUT2D eigenvalue weighted by atomic mass is 10.2. The Balaban J connectivity index is 1.48. The molecule has 3 aromatic carbocycles. The lowest BCUT2D eigenvalue weighted by Gasteiger charge is -2.09. The van der Waals surface area contributed by atoms with Crippen LogP contribution in [-0.4, -0.2) is 17.9 Å². The molecule has 0 aliphatic carbocycles. The molecule has 4 aromatic rings. The number of rotatable bonds is 6. The van der Waals surface area contributed by atoms with E-state index >= 15 is 0 Å². The largest absolute Gasteiger partial charge is 0.497 e. The number of aromatic nitrogens is 1. The summed E-state index contributed by atoms with van der Waals surface area (Å²) in [5.74, 6) is 2.02. The molecule has 0 radical (unpaired) electrons. The van der Waals surface area contributed by atoms with E-state index in [0.29, 0.717) is 0 Å². The van der Waals surface area contributed by atoms with E-state index in [9.17, 15) is 4.39 Å². The van der Waals surface area contributed by atoms with E-state index < -0.39 is 0 Å². The van der Waals surface area contributed by atoms with Crippen LogP contribution in [0.3, 0.4) is 0 Å². The van der Waals surface area contributed by atoms with Crippen molar-refractivity contribution in [2.75, 3.05) is 7.11 Å². The molecule has 0 aliphatic rings. The molecule has 0 amide bonds. The number of nitrogens with zero attached hydrogens (tertiary/aromatic N) is 2. The Morgan fingerprint density at radius 1 is 0.806 bits per heavy atom. The third-order valence-corrected chi connectivity index (χ3v) is 5.04. The minimum absolute atomic E-state index is 0.243. The molecule has 5 heteroatoms. The first-order valence-corrected chi connectivity index (χ1v) is 9.94. The summed E-state index contributed by atoms with van der Waals surface area (Å²) < 4.78 is 26.4. The summed E-state index contributed by atoms with van der Waals surface area (Å²) in [6, 6.07) is 23.6. The molecule has 31 heavy (non-hydrogen) atoms. The third-order valence-electron chi connectivity index (χ3n) is 5.04. The molecule has 0 unspecified atom stereocenters. The average Bonchev–Trinajstić information content (AvgIpc) is 3.07. The fourth-order valence-corrected chi connectivity index (χ4v) is 3.43. The van der Waals surface area contributed by atoms with Crippen LogP contribution < -0.4 is 9.47 Å². The van der Waals surface area contributed by atoms with Crippen molar-refractivity contribution in [2.24, 2.45) is 4.99 Å². The van der Waals surface area contributed by atoms with E-state index in [4.69, 9.17) is 9.47 Å². The first-order valence-electron chi connectivity index (χ1n) is 9.94. The van der Waals surface area contributed by atoms with Gasteiger partial charge >= 0.3 is 0 Å². The fraction of sp³-hybridized carbons (Fsp3) is 0.115. The molecule has 1 aromatic heterocycles. The van der Waals surface area contributed by atoms with Gasteiger partial charge < -0.3 is 14.0 Å². The zero-order valence-corrected chi connectivity index (χ0v) is 17.7. The predicted octanol–water partition coefficient (Wildman–Crippen LogP) is 6.78. The van der Waals surface area contributed by atoms with Crippen molar-refractivity contribution in [3.63, 3.8) is 0 Å². The van der Waals surface area contributed by atoms with E-state index in [1.165, 1.54) is 12.1 Å². The molecular weight excluding hydrogens is 391 g/mol. The van der Waals surface area contributed by atoms with Gasteiger partial charge in [-0.25, -0.2) is 4.39 Å². The van der Waals surface area contributed by atoms with Crippen LogP contribution in [0.4, 0.5) is 10.1 Å². The van der Waals surface area contributed by atoms with Gasteiger partial charge in [-0.1, -0.05) is 0 Å². The van der Waals surface area contributed by atoms with Crippen LogP contribution in [0.25, 0.3) is 5.69 Å². The van der Waals surface area contributed by atoms with Crippen molar-refractivity contribution in [3.8, 4) is 22.9 Å². The number of benzene rings is 3. The van der Waals surface area contributed by atoms with E-state index in [1.807, 2.05) is 68.6 Å². The van der Waals surface area contributed by atoms with Crippen LogP contribution >= 0.6 is 0 Å². The molecule has 0 atom stereocenters. The Kier molecular flexibility index (Phi) is 5.85. The SMILES string of the molecule is COc1ccc(Oc2ccc(N=Cc3cc(C)n(-c4ccc(F)cc4)c3C)cc2)cc1. The highest BCUT2D eigenvalue weighted by Gasteiger charge is 2.09. The maximum atomic E-state index is 13.3. The first-order chi connectivity index (χ1) is 15.0. The second-order valence-corrected chi connectivity index (χ2v) is 7.17. The van der Waals surface area contributed by atoms with Crippen molar-refractivity contribution in [3.05, 3.63) is 102 Å². The lowest BCUT2D eigenvalue weighted by molar-refractivity contribution is 0.413. The Morgan fingerprint density at radius 2 is 1.39 bits per heavy atom. The summed E-state index contributed by atoms with van der Waals surface area (Å²) in [4.78, 5) is 4.60. The quantitative estimate of drug-likeness (QED) is 0.326. The minimum Gasteiger partial charge on any atom is -0.497 e. The summed E-state index contributed by atoms with van der Waals surface area (Å²) in [6.45, 7) is 4.06. The molecular formula is C26H23FN2O2. The number of aliphatic imine (C=N–C) groups is 1. The van der Waals surface area contributed by atoms with Crippen molar-refractivity contribution >= 4 is 11.9 Å². The first kappa shape index (κ1) is 20.4. The summed E-state index contributed by atoms with van der Waals surface area (Å²) >= 11 is 0. The van der Waals surface area contributed by atoms with Gasteiger partial charge in [-0.2, -0.15) is 0 Å². The molecule has 0 saturated carbocycles. The van der Waals surface area contributed by atoms with Gasteiger partial charge in [0.15, 0.2) is 0 Å². The van der Waals surface area contributed by atoms with Crippen molar-refractivity contribution in [1.82, 2.24) is 4.57 Å². The number of ether oxygens (including phenoxy) is 2. The Hall–Kier alpha value is -3.86. The highest BCUT2D eigenvalue weighted by molar-refractivity contribution is 5.84. The molecule has 4 nitrogen and oxygen atoms in total. The molecule has 4 rings (SSSR count). The van der Waals surface area contributed by atoms with Crippen LogP contribution in [-0.2, 0) is 0 Å². The van der Waals surface area contributed by atoms with Gasteiger partial charge in [-0.15, -0.1) is 0 Å². The zero-order chi connectivity index (χ0) is 21.8. The number of hydrogen-bond donors (Lipinski definition) is 0. The smallest absolute Gasteiger partial charge is 0.127 e. The number of aryl methyl sites for hydroxylation is 1. The van der Waals surface area contributed by atoms with Crippen molar-refractivity contribution < 1.29 is 13.9 Å². The van der Waals surface area contributed by atoms with Gasteiger partial charge in [0, 0.05) is 28.9 Å². The van der Waals surface area contributed by atoms with Crippen LogP contribution in [0.15, 0.2) is 83.9 Å². The third kappa shape index (κ3) is 4.67. The monoisotopic (exact) mass is 414 g/mol. The molecule has 0 aliphatic heterocycles. The normalized spacial score (nSPS) is 11.1. The minimum atomic E-state index is -0.243. The standard InChI is InChI=1S/C26H23FN2O2/c1-18-16-20(19(2)29(18)23-8-4-21(27)5-9-23)17-28-22-6-10-25(11-7-22)31-26-14-12-24(30-3)13-15-26/h4-17H,1-3H3. The second-order valence-electron chi connectivity index (χ2n) is 7.17. The number of hydrogen-bond acceptors (Lipinski definition) is 3. The lowest BCUT2D eigenvalue weighted by Crippen LogP contribution is -1.99. The van der Waals surface area contributed by atoms with Crippen LogP contribution in [0, 0.1) is 19.7 Å². The zero-order valence-electron chi connectivity index (χ0n) is 17.7. The molecule has 0 N–H and O–H groups in total. The number of methoxy groups -OCH3 is 1. The van der Waals surface area contributed by atoms with Gasteiger partial charge in [-0.3, -0.25) is 4.99 Å². The van der Waals surface area contributed by atoms with Crippen LogP contribution in [0.5, 0.6) is 17.2 Å². The van der Waals surface area contributed by atoms with Crippen LogP contribution in [0.2, 0.25) is 0 Å². The Bertz CT molecular complexity index is 1190. The molecule has 0 saturated heterocycles. The molecule has 156 valence electrons. The van der Waals surface area contributed by atoms with Gasteiger partial charge in [0.1, 0.15) is 23.1 Å². The maximum Gasteiger partial charge on any atom is 0.127 e. The van der Waals surface area contributed by atoms with E-state index in [0.717, 1.165) is 45.6 Å². The van der Waals surface area contributed by atoms with Gasteiger partial charge in [0.05, 0.1) is 12.8 Å². The summed E-state index contributed by atoms with van der Waals surface area (Å²) in [7, 11) is 1.63. The predicted molar refractivity (Wildman–Crippen MR) is 122 cm³/mol. The highest BCUT2D eigenvalue weighted by Crippen LogP contribution is 2.26. The maximum absolute atomic E-state index is 13.3. The van der Waals surface area contributed by atoms with Crippen LogP contribution in [0.1, 0.15) is 17.0 Å². The summed E-state index contributed by atoms with van der Waals surface area (Å²) in [5.41, 5.74) is 4.88. The molecule has 0 bridgehead atoms. The molecule has 1 heterocycles. The fourth-order valence-electron chi connectivity index (χ4n) is 3.43. The van der Waals surface area contributed by atoms with Gasteiger partial charge in [0.2, 0.25) is 0 Å². The topological polar surface area (TPSA) is 35.8 Å². The Labute approximate surface area is 181 Å². The number of halogens is 1.